The summed E-state index contributed by atoms with van der Waals surface area (Å²) in [6, 6.07) is 29.4. The molecule has 44 nitrogen and oxygen atoms in total. The number of nitrogens with zero attached hydrogens (tertiary/aromatic N) is 19. The van der Waals surface area contributed by atoms with Gasteiger partial charge in [0.25, 0.3) is 17.8 Å². The van der Waals surface area contributed by atoms with Crippen molar-refractivity contribution >= 4 is 175 Å². The number of rotatable bonds is 23. The average Bonchev–Trinajstić information content (AvgIpc) is 1.65. The van der Waals surface area contributed by atoms with Gasteiger partial charge in [0, 0.05) is 74.5 Å². The zero-order chi connectivity index (χ0) is 93.6. The van der Waals surface area contributed by atoms with Crippen molar-refractivity contribution < 1.29 is 127 Å². The number of ether oxygens (including phenoxy) is 8. The summed E-state index contributed by atoms with van der Waals surface area (Å²) in [7, 11) is 21.0. The maximum atomic E-state index is 12.4. The third-order valence-corrected chi connectivity index (χ3v) is 15.1. The number of pyridine rings is 5. The Bertz CT molecular complexity index is 5500. The second-order valence-electron chi connectivity index (χ2n) is 23.9. The Hall–Kier alpha value is -9.93. The maximum absolute atomic E-state index is 12.4. The summed E-state index contributed by atoms with van der Waals surface area (Å²) in [6.45, 7) is 2.83. The number of aliphatic carboxylic acids is 2. The molecule has 2 unspecified atom stereocenters. The Morgan fingerprint density at radius 2 is 1.20 bits per heavy atom. The molecule has 2 atom stereocenters. The van der Waals surface area contributed by atoms with E-state index in [-0.39, 0.29) is 172 Å². The number of carboxylic acid groups (broad SMARTS) is 2. The standard InChI is InChI=1S/C18H22N6O5.C16H19N7O5.C16H17N7O4.C10H11N3O2.C6H3BrN2.C4H9NO2.CH3F.CH4.B2.I3.Na.H5P3.H/c1-3-4-8-28-17-22-15(19)14-16(23-17)24(18(21-14)27-2)9-11-6-5-7-12(20-11)29-10-13(25)26;17-5-2-6-27-15-21-13(18)12-14(22-15)23(16(26)20-12)7-9-3-1-4-10(19-9)28-8-11(24)25;17-13-12-14-22-15(21-13)26-6-2-5-18-10(24)8-27-11-4-1-3-9(19-11)7-23(14)16(25)20-12;1-13(2)10(14)7-15-9-5-3-4-8(6-11)12-9;7-6-3-1-2-5(4-8)9-6;1-5(2)4(7)3-6;1-2;;1-2;1-3-2;;1-3-2;/h5-7H,3-4,8-10H2,1-2H3,(H,25,26)(H2,19,22,23);1,3-4H,2,5-8,17H2,(H,20,26)(H,24,25)(H2,18,21,22);1,3-4H,2,5-8H2,(H,18,24)(H,20,25)(H2,17,21,22);3-5H,7H2,1-2H3;1-3H;6H,3H2,1-2H3;1H3;1H4;;;;3H,1-2H2;/q;;;;;;;;;-1;+1;;-1/i;;;;;;1D;;;;;;. The first kappa shape index (κ1) is 113. The number of fused-ring (bicyclic) bond motifs is 5. The number of aromatic nitrogens is 17. The number of carbonyl (C=O) groups is 5. The van der Waals surface area contributed by atoms with E-state index in [4.69, 9.17) is 88.0 Å². The van der Waals surface area contributed by atoms with Gasteiger partial charge in [-0.05, 0) is 78.1 Å². The fourth-order valence-electron chi connectivity index (χ4n) is 9.11. The molecule has 0 saturated heterocycles. The van der Waals surface area contributed by atoms with Gasteiger partial charge in [-0.15, -0.1) is 17.9 Å². The van der Waals surface area contributed by atoms with Crippen LogP contribution in [0.2, 0.25) is 0 Å². The topological polar surface area (TPSA) is 625 Å². The van der Waals surface area contributed by atoms with Crippen molar-refractivity contribution in [2.24, 2.45) is 5.73 Å². The van der Waals surface area contributed by atoms with Gasteiger partial charge < -0.3 is 103 Å². The Morgan fingerprint density at radius 3 is 1.72 bits per heavy atom. The quantitative estimate of drug-likeness (QED) is 0.0121. The van der Waals surface area contributed by atoms with E-state index >= 15 is 0 Å². The summed E-state index contributed by atoms with van der Waals surface area (Å²) in [5.41, 5.74) is 26.8. The SMILES string of the molecule is C.CCCCOc1nc(N)c2nc(OC)n(Cc3cccc(OCC(=O)O)n3)c2n1.CN(C)C(=O)CO.CN(C)C(=O)COc1cccc(C#N)n1.I[I-]I.N#Cc1cccc(Br)n1.NCCCOc1nc(N)c2[nH]c(=O)n(Cc3cccc(OCC(=O)O)n3)c2n1.Nc1nc2nc3c1[nH]c(=O)n3Cc1cccc(n1)OCC(=O)NCCCO2.PPP.[2H]CF.[B][B].[H-].[Na+]. The van der Waals surface area contributed by atoms with Gasteiger partial charge in [-0.25, -0.2) is 44.1 Å². The number of halogens is 5. The number of hydrogen-bond acceptors (Lipinski definition) is 34. The molecule has 4 bridgehead atoms. The molecule has 11 aromatic rings. The summed E-state index contributed by atoms with van der Waals surface area (Å²) in [5, 5.41) is 45.2. The summed E-state index contributed by atoms with van der Waals surface area (Å²) in [6.07, 6.45) is 3.02. The molecule has 0 spiro atoms. The van der Waals surface area contributed by atoms with Crippen LogP contribution in [0.4, 0.5) is 21.8 Å². The van der Waals surface area contributed by atoms with E-state index in [1.165, 1.54) is 32.1 Å². The number of carbonyl (C=O) groups excluding carboxylic acids is 3. The van der Waals surface area contributed by atoms with Crippen LogP contribution in [0.25, 0.3) is 33.5 Å². The van der Waals surface area contributed by atoms with Crippen molar-refractivity contribution in [1.82, 2.24) is 98.6 Å². The molecule has 0 aromatic carbocycles. The van der Waals surface area contributed by atoms with Gasteiger partial charge >= 0.3 is 121 Å². The zero-order valence-corrected chi connectivity index (χ0v) is 82.2. The number of unbranched alkanes of at least 4 members (excludes halogenated alkanes) is 1. The predicted molar refractivity (Wildman–Crippen MR) is 494 cm³/mol. The fraction of sp³-hybridized carbons (Fsp3) is 0.347. The van der Waals surface area contributed by atoms with Gasteiger partial charge in [0.1, 0.15) is 45.8 Å². The molecule has 12 heterocycles. The molecule has 678 valence electrons. The summed E-state index contributed by atoms with van der Waals surface area (Å²) in [4.78, 5) is 137. The molecule has 55 heteroatoms. The first-order valence-corrected chi connectivity index (χ1v) is 53.9. The number of anilines is 3. The first-order valence-electron chi connectivity index (χ1n) is 36.6. The van der Waals surface area contributed by atoms with Gasteiger partial charge in [-0.2, -0.15) is 45.4 Å². The Balaban J connectivity index is 0.00000155. The van der Waals surface area contributed by atoms with Crippen LogP contribution in [0.5, 0.6) is 47.6 Å². The predicted octanol–water partition coefficient (Wildman–Crippen LogP) is -0.938. The number of amides is 3. The van der Waals surface area contributed by atoms with E-state index < -0.39 is 50.3 Å². The molecular formula is C72H94B2BrFI3N26NaO18P3-. The minimum atomic E-state index is -1.12. The minimum absolute atomic E-state index is 0. The Kier molecular flexibility index (Phi) is 57.7. The number of nitrogens with two attached hydrogens (primary N) is 4. The van der Waals surface area contributed by atoms with Crippen molar-refractivity contribution in [1.29, 1.82) is 10.5 Å². The molecule has 1 aliphatic heterocycles. The number of imidazole rings is 3. The molecule has 3 amide bonds. The molecule has 14 N–H and O–H groups in total. The maximum Gasteiger partial charge on any atom is 1.00 e. The van der Waals surface area contributed by atoms with Crippen molar-refractivity contribution in [2.45, 2.75) is 59.7 Å². The van der Waals surface area contributed by atoms with Crippen LogP contribution in [0.3, 0.4) is 0 Å². The van der Waals surface area contributed by atoms with E-state index in [9.17, 15) is 38.0 Å². The van der Waals surface area contributed by atoms with E-state index in [1.807, 2.05) is 12.1 Å². The minimum Gasteiger partial charge on any atom is -1.00 e. The third-order valence-electron chi connectivity index (χ3n) is 14.7. The second kappa shape index (κ2) is 64.7. The van der Waals surface area contributed by atoms with Crippen molar-refractivity contribution in [3.63, 3.8) is 0 Å². The van der Waals surface area contributed by atoms with E-state index in [2.05, 4.69) is 169 Å². The monoisotopic (exact) mass is 2230 g/mol. The van der Waals surface area contributed by atoms with Gasteiger partial charge in [0.15, 0.2) is 66.3 Å². The summed E-state index contributed by atoms with van der Waals surface area (Å²) in [5.74, 6) is -1.59. The Morgan fingerprint density at radius 1 is 0.693 bits per heavy atom. The van der Waals surface area contributed by atoms with Gasteiger partial charge in [-0.1, -0.05) is 59.1 Å². The summed E-state index contributed by atoms with van der Waals surface area (Å²) < 4.78 is 63.2. The average molecular weight is 2230 g/mol. The second-order valence-corrected chi connectivity index (χ2v) is 45.3. The molecule has 127 heavy (non-hydrogen) atoms. The zero-order valence-electron chi connectivity index (χ0n) is 70.9. The van der Waals surface area contributed by atoms with Crippen LogP contribution in [0.1, 0.15) is 71.3 Å². The van der Waals surface area contributed by atoms with Crippen molar-refractivity contribution in [2.75, 3.05) is 126 Å². The van der Waals surface area contributed by atoms with E-state index in [0.29, 0.717) is 108 Å². The third kappa shape index (κ3) is 41.8. The normalized spacial score (nSPS) is 10.7. The number of methoxy groups -OCH3 is 1. The van der Waals surface area contributed by atoms with Crippen LogP contribution < -0.4 is 120 Å². The number of H-pyrrole nitrogens is 2. The van der Waals surface area contributed by atoms with Gasteiger partial charge in [0.05, 0.1) is 72.2 Å². The van der Waals surface area contributed by atoms with Crippen LogP contribution in [0.15, 0.2) is 105 Å². The van der Waals surface area contributed by atoms with Crippen LogP contribution in [0, 0.1) is 22.7 Å². The fourth-order valence-corrected chi connectivity index (χ4v) is 9.45. The number of likely N-dealkylation sites (N-methyl/N-ethyl adjacent to an activating group) is 2. The molecule has 0 fully saturated rings. The van der Waals surface area contributed by atoms with Gasteiger partial charge in [0.2, 0.25) is 29.4 Å². The van der Waals surface area contributed by atoms with E-state index in [0.717, 1.165) is 20.8 Å². The van der Waals surface area contributed by atoms with Crippen LogP contribution in [-0.2, 0) is 43.6 Å². The number of nitrogen functional groups attached to an aromatic ring is 3. The number of aromatic amines is 2. The molecule has 11 aromatic heterocycles. The smallest absolute Gasteiger partial charge is 1.00 e. The number of hydrogen-bond donors (Lipinski definition) is 10. The van der Waals surface area contributed by atoms with Crippen LogP contribution >= 0.6 is 79.0 Å². The van der Waals surface area contributed by atoms with E-state index in [1.54, 1.807) is 118 Å². The molecule has 4 radical (unpaired) electrons. The van der Waals surface area contributed by atoms with Crippen LogP contribution in [-0.4, -0.2) is 262 Å². The molecule has 0 saturated carbocycles. The molecule has 0 aliphatic carbocycles. The largest absolute Gasteiger partial charge is 1.00 e. The molecule has 12 rings (SSSR count). The number of alkyl halides is 1. The number of nitriles is 2. The number of aliphatic hydroxyl groups excluding tert-OH is 1. The summed E-state index contributed by atoms with van der Waals surface area (Å²) >= 11 is 8.44. The number of nitrogens with one attached hydrogen (secondary N) is 3. The Labute approximate surface area is 800 Å². The molecular weight excluding hydrogens is 2130 g/mol. The van der Waals surface area contributed by atoms with Crippen molar-refractivity contribution in [3.8, 4) is 59.7 Å². The number of carboxylic acids is 2. The number of aliphatic hydroxyl groups is 1. The van der Waals surface area contributed by atoms with Crippen molar-refractivity contribution in [3.05, 3.63) is 145 Å². The molecule has 1 aliphatic rings. The first-order chi connectivity index (χ1) is 60.5. The van der Waals surface area contributed by atoms with Gasteiger partial charge in [-0.3, -0.25) is 32.5 Å².